The summed E-state index contributed by atoms with van der Waals surface area (Å²) in [6, 6.07) is 5.19. The number of nitrogens with zero attached hydrogens (tertiary/aromatic N) is 1. The molecule has 2 amide bonds. The largest absolute Gasteiger partial charge is 0.479 e. The maximum Gasteiger partial charge on any atom is 0.301 e. The number of halogens is 1. The minimum absolute atomic E-state index is 0.335. The van der Waals surface area contributed by atoms with Crippen molar-refractivity contribution in [2.24, 2.45) is 5.73 Å². The summed E-state index contributed by atoms with van der Waals surface area (Å²) in [7, 11) is 0. The van der Waals surface area contributed by atoms with Crippen molar-refractivity contribution in [3.63, 3.8) is 0 Å². The molecule has 2 rings (SSSR count). The highest BCUT2D eigenvalue weighted by atomic mass is 79.9. The summed E-state index contributed by atoms with van der Waals surface area (Å²) < 4.78 is 5.42. The average molecular weight is 299 g/mol. The molecule has 1 heterocycles. The number of hydrogen-bond donors (Lipinski definition) is 1. The van der Waals surface area contributed by atoms with Crippen LogP contribution in [0.5, 0.6) is 5.75 Å². The number of carbonyl (C=O) groups is 2. The number of carbonyl (C=O) groups excluding carboxylic acids is 2. The SMILES string of the molecule is CC1Oc2ccc(CN)cc2N(C(=O)Br)C1=O. The van der Waals surface area contributed by atoms with E-state index in [1.54, 1.807) is 25.1 Å². The number of hydrogen-bond acceptors (Lipinski definition) is 4. The van der Waals surface area contributed by atoms with Crippen molar-refractivity contribution >= 4 is 32.3 Å². The predicted octanol–water partition coefficient (Wildman–Crippen LogP) is 1.77. The van der Waals surface area contributed by atoms with Crippen molar-refractivity contribution in [3.8, 4) is 5.75 Å². The Hall–Kier alpha value is -1.40. The van der Waals surface area contributed by atoms with E-state index >= 15 is 0 Å². The first-order valence-corrected chi connectivity index (χ1v) is 5.87. The van der Waals surface area contributed by atoms with Crippen LogP contribution < -0.4 is 15.4 Å². The van der Waals surface area contributed by atoms with Crippen LogP contribution in [0.15, 0.2) is 18.2 Å². The van der Waals surface area contributed by atoms with Gasteiger partial charge in [0.05, 0.1) is 5.69 Å². The van der Waals surface area contributed by atoms with Crippen molar-refractivity contribution in [1.82, 2.24) is 0 Å². The van der Waals surface area contributed by atoms with E-state index in [4.69, 9.17) is 10.5 Å². The third kappa shape index (κ3) is 2.05. The first kappa shape index (κ1) is 12.1. The Bertz CT molecular complexity index is 490. The van der Waals surface area contributed by atoms with Gasteiger partial charge in [-0.15, -0.1) is 0 Å². The Kier molecular flexibility index (Phi) is 3.17. The van der Waals surface area contributed by atoms with Crippen molar-refractivity contribution < 1.29 is 14.3 Å². The number of imide groups is 1. The Morgan fingerprint density at radius 3 is 2.88 bits per heavy atom. The van der Waals surface area contributed by atoms with Gasteiger partial charge in [-0.2, -0.15) is 0 Å². The molecule has 17 heavy (non-hydrogen) atoms. The number of nitrogens with two attached hydrogens (primary N) is 1. The van der Waals surface area contributed by atoms with Gasteiger partial charge in [0.2, 0.25) is 0 Å². The van der Waals surface area contributed by atoms with E-state index in [0.717, 1.165) is 10.5 Å². The lowest BCUT2D eigenvalue weighted by Crippen LogP contribution is -2.45. The van der Waals surface area contributed by atoms with Crippen molar-refractivity contribution in [2.75, 3.05) is 4.90 Å². The molecule has 0 spiro atoms. The fourth-order valence-electron chi connectivity index (χ4n) is 1.69. The monoisotopic (exact) mass is 298 g/mol. The predicted molar refractivity (Wildman–Crippen MR) is 66.2 cm³/mol. The van der Waals surface area contributed by atoms with Gasteiger partial charge in [-0.3, -0.25) is 9.59 Å². The lowest BCUT2D eigenvalue weighted by molar-refractivity contribution is -0.124. The molecule has 1 aromatic rings. The highest BCUT2D eigenvalue weighted by Crippen LogP contribution is 2.35. The number of anilines is 1. The molecule has 1 aliphatic rings. The van der Waals surface area contributed by atoms with Gasteiger partial charge in [-0.25, -0.2) is 4.90 Å². The second kappa shape index (κ2) is 4.46. The molecule has 5 nitrogen and oxygen atoms in total. The summed E-state index contributed by atoms with van der Waals surface area (Å²) >= 11 is 2.80. The lowest BCUT2D eigenvalue weighted by Gasteiger charge is -2.30. The van der Waals surface area contributed by atoms with Gasteiger partial charge in [-0.05, 0) is 24.6 Å². The zero-order chi connectivity index (χ0) is 12.6. The van der Waals surface area contributed by atoms with E-state index in [1.807, 2.05) is 0 Å². The van der Waals surface area contributed by atoms with E-state index in [0.29, 0.717) is 18.0 Å². The zero-order valence-corrected chi connectivity index (χ0v) is 10.7. The fraction of sp³-hybridized carbons (Fsp3) is 0.273. The zero-order valence-electron chi connectivity index (χ0n) is 9.14. The molecular formula is C11H11BrN2O3. The van der Waals surface area contributed by atoms with Crippen molar-refractivity contribution in [2.45, 2.75) is 19.6 Å². The first-order chi connectivity index (χ1) is 8.04. The van der Waals surface area contributed by atoms with E-state index < -0.39 is 16.8 Å². The van der Waals surface area contributed by atoms with Crippen LogP contribution in [0, 0.1) is 0 Å². The molecule has 0 fully saturated rings. The number of rotatable bonds is 1. The molecule has 1 aromatic carbocycles. The number of ether oxygens (including phenoxy) is 1. The van der Waals surface area contributed by atoms with Gasteiger partial charge in [0.15, 0.2) is 6.10 Å². The third-order valence-corrected chi connectivity index (χ3v) is 2.90. The molecule has 6 heteroatoms. The van der Waals surface area contributed by atoms with Crippen molar-refractivity contribution in [3.05, 3.63) is 23.8 Å². The van der Waals surface area contributed by atoms with Crippen LogP contribution in [0.2, 0.25) is 0 Å². The molecule has 0 aliphatic carbocycles. The second-order valence-corrected chi connectivity index (χ2v) is 4.37. The van der Waals surface area contributed by atoms with Gasteiger partial charge in [-0.1, -0.05) is 6.07 Å². The fourth-order valence-corrected chi connectivity index (χ4v) is 2.05. The Labute approximate surface area is 107 Å². The van der Waals surface area contributed by atoms with Crippen LogP contribution in [0.4, 0.5) is 10.5 Å². The Morgan fingerprint density at radius 2 is 2.29 bits per heavy atom. The highest BCUT2D eigenvalue weighted by molar-refractivity contribution is 9.18. The highest BCUT2D eigenvalue weighted by Gasteiger charge is 2.34. The van der Waals surface area contributed by atoms with Crippen molar-refractivity contribution in [1.29, 1.82) is 0 Å². The van der Waals surface area contributed by atoms with Gasteiger partial charge in [0.1, 0.15) is 5.75 Å². The lowest BCUT2D eigenvalue weighted by atomic mass is 10.1. The van der Waals surface area contributed by atoms with Gasteiger partial charge >= 0.3 is 4.82 Å². The summed E-state index contributed by atoms with van der Waals surface area (Å²) in [6.45, 7) is 1.94. The van der Waals surface area contributed by atoms with Crippen LogP contribution >= 0.6 is 15.9 Å². The minimum atomic E-state index is -0.673. The number of amides is 2. The summed E-state index contributed by atoms with van der Waals surface area (Å²) in [5.74, 6) is 0.107. The van der Waals surface area contributed by atoms with Crippen LogP contribution in [-0.2, 0) is 11.3 Å². The smallest absolute Gasteiger partial charge is 0.301 e. The van der Waals surface area contributed by atoms with Gasteiger partial charge in [0.25, 0.3) is 5.91 Å². The van der Waals surface area contributed by atoms with E-state index in [2.05, 4.69) is 15.9 Å². The molecule has 1 unspecified atom stereocenters. The second-order valence-electron chi connectivity index (χ2n) is 3.69. The molecular weight excluding hydrogens is 288 g/mol. The molecule has 1 aliphatic heterocycles. The van der Waals surface area contributed by atoms with Crippen LogP contribution in [0.3, 0.4) is 0 Å². The standard InChI is InChI=1S/C11H11BrN2O3/c1-6-10(15)14(11(12)16)8-4-7(5-13)2-3-9(8)17-6/h2-4,6H,5,13H2,1H3. The maximum atomic E-state index is 11.8. The van der Waals surface area contributed by atoms with E-state index in [9.17, 15) is 9.59 Å². The van der Waals surface area contributed by atoms with Crippen LogP contribution in [0.25, 0.3) is 0 Å². The minimum Gasteiger partial charge on any atom is -0.479 e. The summed E-state index contributed by atoms with van der Waals surface area (Å²) in [4.78, 5) is 23.9. The van der Waals surface area contributed by atoms with E-state index in [1.165, 1.54) is 0 Å². The third-order valence-electron chi connectivity index (χ3n) is 2.55. The first-order valence-electron chi connectivity index (χ1n) is 5.07. The average Bonchev–Trinajstić information content (AvgIpc) is 2.29. The summed E-state index contributed by atoms with van der Waals surface area (Å²) in [6.07, 6.45) is -0.673. The Balaban J connectivity index is 2.55. The van der Waals surface area contributed by atoms with E-state index in [-0.39, 0.29) is 0 Å². The molecule has 0 saturated heterocycles. The van der Waals surface area contributed by atoms with Crippen LogP contribution in [-0.4, -0.2) is 16.8 Å². The quantitative estimate of drug-likeness (QED) is 0.633. The Morgan fingerprint density at radius 1 is 1.59 bits per heavy atom. The number of fused-ring (bicyclic) bond motifs is 1. The molecule has 0 saturated carbocycles. The molecule has 0 radical (unpaired) electrons. The summed E-state index contributed by atoms with van der Waals surface area (Å²) in [5, 5.41) is 0. The molecule has 90 valence electrons. The summed E-state index contributed by atoms with van der Waals surface area (Å²) in [5.41, 5.74) is 6.78. The maximum absolute atomic E-state index is 11.8. The van der Waals surface area contributed by atoms with Gasteiger partial charge in [0, 0.05) is 22.5 Å². The van der Waals surface area contributed by atoms with Crippen LogP contribution in [0.1, 0.15) is 12.5 Å². The molecule has 0 aromatic heterocycles. The topological polar surface area (TPSA) is 72.6 Å². The molecule has 2 N–H and O–H groups in total. The van der Waals surface area contributed by atoms with Gasteiger partial charge < -0.3 is 10.5 Å². The normalized spacial score (nSPS) is 18.6. The molecule has 0 bridgehead atoms. The number of benzene rings is 1. The molecule has 1 atom stereocenters.